The van der Waals surface area contributed by atoms with Crippen LogP contribution in [0.25, 0.3) is 0 Å². The van der Waals surface area contributed by atoms with Crippen LogP contribution in [-0.2, 0) is 0 Å². The van der Waals surface area contributed by atoms with E-state index in [0.29, 0.717) is 23.9 Å². The highest BCUT2D eigenvalue weighted by Gasteiger charge is 2.09. The fraction of sp³-hybridized carbons (Fsp3) is 0.353. The molecule has 7 nitrogen and oxygen atoms in total. The Morgan fingerprint density at radius 3 is 2.79 bits per heavy atom. The standard InChI is InChI=1S/C17H23N5O2/c1-22(2)12-6-10-18-16(23)14-9-11-19-17(21-14)20-13-7-4-5-8-15(13)24-3/h4-5,7-9,11H,6,10,12H2,1-3H3,(H,18,23)(H,19,20,21). The van der Waals surface area contributed by atoms with Gasteiger partial charge in [0, 0.05) is 12.7 Å². The molecule has 0 aliphatic carbocycles. The summed E-state index contributed by atoms with van der Waals surface area (Å²) in [6.45, 7) is 1.53. The third kappa shape index (κ3) is 5.20. The molecule has 0 aliphatic heterocycles. The normalized spacial score (nSPS) is 10.5. The molecule has 128 valence electrons. The first-order valence-corrected chi connectivity index (χ1v) is 7.76. The van der Waals surface area contributed by atoms with Gasteiger partial charge in [-0.05, 0) is 45.3 Å². The Kier molecular flexibility index (Phi) is 6.51. The van der Waals surface area contributed by atoms with Gasteiger partial charge in [0.15, 0.2) is 0 Å². The lowest BCUT2D eigenvalue weighted by Crippen LogP contribution is -2.28. The molecule has 1 aromatic carbocycles. The summed E-state index contributed by atoms with van der Waals surface area (Å²) < 4.78 is 5.28. The Morgan fingerprint density at radius 1 is 1.25 bits per heavy atom. The van der Waals surface area contributed by atoms with Gasteiger partial charge < -0.3 is 20.3 Å². The molecule has 0 saturated carbocycles. The molecule has 0 radical (unpaired) electrons. The number of methoxy groups -OCH3 is 1. The van der Waals surface area contributed by atoms with Gasteiger partial charge in [-0.3, -0.25) is 4.79 Å². The van der Waals surface area contributed by atoms with Crippen LogP contribution in [0.3, 0.4) is 0 Å². The first-order chi connectivity index (χ1) is 11.6. The molecule has 2 N–H and O–H groups in total. The lowest BCUT2D eigenvalue weighted by molar-refractivity contribution is 0.0947. The highest BCUT2D eigenvalue weighted by Crippen LogP contribution is 2.25. The highest BCUT2D eigenvalue weighted by molar-refractivity contribution is 5.92. The largest absolute Gasteiger partial charge is 0.495 e. The van der Waals surface area contributed by atoms with Crippen LogP contribution in [-0.4, -0.2) is 55.1 Å². The summed E-state index contributed by atoms with van der Waals surface area (Å²) in [6.07, 6.45) is 2.44. The van der Waals surface area contributed by atoms with Crippen molar-refractivity contribution < 1.29 is 9.53 Å². The summed E-state index contributed by atoms with van der Waals surface area (Å²) >= 11 is 0. The Labute approximate surface area is 142 Å². The summed E-state index contributed by atoms with van der Waals surface area (Å²) in [6, 6.07) is 9.04. The van der Waals surface area contributed by atoms with E-state index in [2.05, 4.69) is 25.5 Å². The van der Waals surface area contributed by atoms with Crippen molar-refractivity contribution >= 4 is 17.5 Å². The average molecular weight is 329 g/mol. The van der Waals surface area contributed by atoms with E-state index < -0.39 is 0 Å². The fourth-order valence-electron chi connectivity index (χ4n) is 2.10. The number of carbonyl (C=O) groups is 1. The third-order valence-corrected chi connectivity index (χ3v) is 3.31. The van der Waals surface area contributed by atoms with Crippen molar-refractivity contribution in [2.24, 2.45) is 0 Å². The van der Waals surface area contributed by atoms with Crippen molar-refractivity contribution in [2.45, 2.75) is 6.42 Å². The monoisotopic (exact) mass is 329 g/mol. The van der Waals surface area contributed by atoms with Crippen LogP contribution in [0.4, 0.5) is 11.6 Å². The van der Waals surface area contributed by atoms with Gasteiger partial charge in [-0.1, -0.05) is 12.1 Å². The highest BCUT2D eigenvalue weighted by atomic mass is 16.5. The second-order valence-corrected chi connectivity index (χ2v) is 5.50. The summed E-state index contributed by atoms with van der Waals surface area (Å²) in [5, 5.41) is 5.93. The Morgan fingerprint density at radius 2 is 2.04 bits per heavy atom. The number of ether oxygens (including phenoxy) is 1. The molecule has 0 unspecified atom stereocenters. The molecule has 0 atom stereocenters. The number of para-hydroxylation sites is 2. The van der Waals surface area contributed by atoms with Crippen molar-refractivity contribution in [3.8, 4) is 5.75 Å². The molecular weight excluding hydrogens is 306 g/mol. The van der Waals surface area contributed by atoms with E-state index in [4.69, 9.17) is 4.74 Å². The number of carbonyl (C=O) groups excluding carboxylic acids is 1. The number of hydrogen-bond donors (Lipinski definition) is 2. The summed E-state index contributed by atoms with van der Waals surface area (Å²) in [4.78, 5) is 22.6. The quantitative estimate of drug-likeness (QED) is 0.720. The predicted molar refractivity (Wildman–Crippen MR) is 93.8 cm³/mol. The minimum Gasteiger partial charge on any atom is -0.495 e. The molecule has 0 bridgehead atoms. The maximum atomic E-state index is 12.1. The molecule has 1 amide bonds. The van der Waals surface area contributed by atoms with Gasteiger partial charge in [0.05, 0.1) is 12.8 Å². The first-order valence-electron chi connectivity index (χ1n) is 7.76. The van der Waals surface area contributed by atoms with Crippen molar-refractivity contribution in [1.82, 2.24) is 20.2 Å². The molecule has 0 fully saturated rings. The predicted octanol–water partition coefficient (Wildman–Crippen LogP) is 1.91. The van der Waals surface area contributed by atoms with Crippen molar-refractivity contribution in [3.63, 3.8) is 0 Å². The van der Waals surface area contributed by atoms with E-state index in [0.717, 1.165) is 18.7 Å². The van der Waals surface area contributed by atoms with Crippen molar-refractivity contribution in [1.29, 1.82) is 0 Å². The van der Waals surface area contributed by atoms with E-state index in [1.54, 1.807) is 19.4 Å². The maximum Gasteiger partial charge on any atom is 0.270 e. The van der Waals surface area contributed by atoms with Crippen LogP contribution < -0.4 is 15.4 Å². The maximum absolute atomic E-state index is 12.1. The smallest absolute Gasteiger partial charge is 0.270 e. The van der Waals surface area contributed by atoms with Gasteiger partial charge in [-0.15, -0.1) is 0 Å². The molecule has 24 heavy (non-hydrogen) atoms. The van der Waals surface area contributed by atoms with Crippen LogP contribution >= 0.6 is 0 Å². The Hall–Kier alpha value is -2.67. The van der Waals surface area contributed by atoms with Crippen molar-refractivity contribution in [3.05, 3.63) is 42.2 Å². The molecule has 0 aliphatic rings. The number of nitrogens with zero attached hydrogens (tertiary/aromatic N) is 3. The molecule has 1 aromatic heterocycles. The summed E-state index contributed by atoms with van der Waals surface area (Å²) in [7, 11) is 5.60. The van der Waals surface area contributed by atoms with E-state index in [-0.39, 0.29) is 5.91 Å². The first kappa shape index (κ1) is 17.7. The van der Waals surface area contributed by atoms with E-state index in [1.165, 1.54) is 0 Å². The minimum atomic E-state index is -0.209. The second-order valence-electron chi connectivity index (χ2n) is 5.50. The van der Waals surface area contributed by atoms with Gasteiger partial charge in [0.1, 0.15) is 11.4 Å². The zero-order chi connectivity index (χ0) is 17.4. The third-order valence-electron chi connectivity index (χ3n) is 3.31. The fourth-order valence-corrected chi connectivity index (χ4v) is 2.10. The number of anilines is 2. The molecule has 2 aromatic rings. The molecule has 2 rings (SSSR count). The average Bonchev–Trinajstić information content (AvgIpc) is 2.59. The number of benzene rings is 1. The van der Waals surface area contributed by atoms with Crippen LogP contribution in [0.2, 0.25) is 0 Å². The van der Waals surface area contributed by atoms with Crippen LogP contribution in [0.1, 0.15) is 16.9 Å². The molecule has 7 heteroatoms. The zero-order valence-electron chi connectivity index (χ0n) is 14.2. The van der Waals surface area contributed by atoms with E-state index >= 15 is 0 Å². The zero-order valence-corrected chi connectivity index (χ0v) is 14.2. The Bertz CT molecular complexity index is 676. The molecule has 1 heterocycles. The number of nitrogens with one attached hydrogen (secondary N) is 2. The Balaban J connectivity index is 1.99. The number of amides is 1. The van der Waals surface area contributed by atoms with Crippen molar-refractivity contribution in [2.75, 3.05) is 39.6 Å². The van der Waals surface area contributed by atoms with Gasteiger partial charge in [0.25, 0.3) is 5.91 Å². The van der Waals surface area contributed by atoms with Gasteiger partial charge in [-0.25, -0.2) is 9.97 Å². The minimum absolute atomic E-state index is 0.209. The van der Waals surface area contributed by atoms with Crippen LogP contribution in [0.15, 0.2) is 36.5 Å². The SMILES string of the molecule is COc1ccccc1Nc1nccc(C(=O)NCCCN(C)C)n1. The van der Waals surface area contributed by atoms with Gasteiger partial charge in [-0.2, -0.15) is 0 Å². The van der Waals surface area contributed by atoms with E-state index in [9.17, 15) is 4.79 Å². The topological polar surface area (TPSA) is 79.4 Å². The van der Waals surface area contributed by atoms with Crippen LogP contribution in [0.5, 0.6) is 5.75 Å². The molecular formula is C17H23N5O2. The number of hydrogen-bond acceptors (Lipinski definition) is 6. The van der Waals surface area contributed by atoms with Gasteiger partial charge >= 0.3 is 0 Å². The van der Waals surface area contributed by atoms with E-state index in [1.807, 2.05) is 38.4 Å². The van der Waals surface area contributed by atoms with Gasteiger partial charge in [0.2, 0.25) is 5.95 Å². The molecule has 0 spiro atoms. The molecule has 0 saturated heterocycles. The summed E-state index contributed by atoms with van der Waals surface area (Å²) in [5.74, 6) is 0.819. The number of rotatable bonds is 8. The summed E-state index contributed by atoms with van der Waals surface area (Å²) in [5.41, 5.74) is 1.07. The number of aromatic nitrogens is 2. The second kappa shape index (κ2) is 8.83. The lowest BCUT2D eigenvalue weighted by Gasteiger charge is -2.11. The van der Waals surface area contributed by atoms with Crippen LogP contribution in [0, 0.1) is 0 Å². The lowest BCUT2D eigenvalue weighted by atomic mass is 10.3.